The zero-order chi connectivity index (χ0) is 18.4. The summed E-state index contributed by atoms with van der Waals surface area (Å²) in [5.74, 6) is 1.49. The van der Waals surface area contributed by atoms with Crippen LogP contribution in [0.3, 0.4) is 0 Å². The van der Waals surface area contributed by atoms with E-state index in [9.17, 15) is 0 Å². The molecule has 0 radical (unpaired) electrons. The van der Waals surface area contributed by atoms with Gasteiger partial charge in [-0.1, -0.05) is 12.1 Å². The molecular weight excluding hydrogens is 336 g/mol. The molecule has 0 fully saturated rings. The SMILES string of the molecule is Cc1cc2ccc(-c3ncc(C)c(Nc4ccc5[nH]ncc5c4)n3)cc2[nH]1. The molecule has 3 heterocycles. The second-order valence-corrected chi connectivity index (χ2v) is 6.78. The van der Waals surface area contributed by atoms with Crippen molar-refractivity contribution in [2.24, 2.45) is 0 Å². The van der Waals surface area contributed by atoms with Gasteiger partial charge in [0.1, 0.15) is 5.82 Å². The zero-order valence-electron chi connectivity index (χ0n) is 15.0. The monoisotopic (exact) mass is 354 g/mol. The third-order valence-corrected chi connectivity index (χ3v) is 4.69. The maximum absolute atomic E-state index is 4.76. The molecule has 5 rings (SSSR count). The molecule has 0 atom stereocenters. The van der Waals surface area contributed by atoms with Crippen molar-refractivity contribution >= 4 is 33.3 Å². The summed E-state index contributed by atoms with van der Waals surface area (Å²) in [4.78, 5) is 12.7. The summed E-state index contributed by atoms with van der Waals surface area (Å²) in [5.41, 5.74) is 6.18. The van der Waals surface area contributed by atoms with Crippen molar-refractivity contribution in [2.45, 2.75) is 13.8 Å². The van der Waals surface area contributed by atoms with Crippen molar-refractivity contribution in [3.05, 3.63) is 66.1 Å². The lowest BCUT2D eigenvalue weighted by Gasteiger charge is -2.10. The fourth-order valence-electron chi connectivity index (χ4n) is 3.28. The number of aromatic amines is 2. The summed E-state index contributed by atoms with van der Waals surface area (Å²) in [6, 6.07) is 14.4. The molecule has 5 aromatic rings. The summed E-state index contributed by atoms with van der Waals surface area (Å²) in [7, 11) is 0. The van der Waals surface area contributed by atoms with Crippen LogP contribution in [-0.4, -0.2) is 25.1 Å². The normalized spacial score (nSPS) is 11.3. The molecule has 0 aliphatic heterocycles. The molecule has 27 heavy (non-hydrogen) atoms. The van der Waals surface area contributed by atoms with Gasteiger partial charge >= 0.3 is 0 Å². The minimum Gasteiger partial charge on any atom is -0.359 e. The summed E-state index contributed by atoms with van der Waals surface area (Å²) < 4.78 is 0. The molecule has 6 nitrogen and oxygen atoms in total. The Morgan fingerprint density at radius 3 is 2.74 bits per heavy atom. The molecule has 3 aromatic heterocycles. The Kier molecular flexibility index (Phi) is 3.43. The van der Waals surface area contributed by atoms with Crippen LogP contribution in [0.2, 0.25) is 0 Å². The number of hydrogen-bond donors (Lipinski definition) is 3. The zero-order valence-corrected chi connectivity index (χ0v) is 15.0. The number of hydrogen-bond acceptors (Lipinski definition) is 4. The first kappa shape index (κ1) is 15.6. The molecule has 0 unspecified atom stereocenters. The minimum atomic E-state index is 0.696. The van der Waals surface area contributed by atoms with Crippen LogP contribution >= 0.6 is 0 Å². The molecule has 0 aliphatic rings. The van der Waals surface area contributed by atoms with Gasteiger partial charge in [0, 0.05) is 39.6 Å². The molecule has 0 spiro atoms. The molecule has 0 saturated carbocycles. The van der Waals surface area contributed by atoms with E-state index in [1.807, 2.05) is 37.5 Å². The second-order valence-electron chi connectivity index (χ2n) is 6.78. The van der Waals surface area contributed by atoms with Gasteiger partial charge < -0.3 is 10.3 Å². The Morgan fingerprint density at radius 1 is 0.889 bits per heavy atom. The van der Waals surface area contributed by atoms with E-state index in [1.54, 1.807) is 0 Å². The van der Waals surface area contributed by atoms with Gasteiger partial charge in [-0.15, -0.1) is 0 Å². The highest BCUT2D eigenvalue weighted by Gasteiger charge is 2.09. The minimum absolute atomic E-state index is 0.696. The number of anilines is 2. The lowest BCUT2D eigenvalue weighted by Crippen LogP contribution is -2.00. The number of aromatic nitrogens is 5. The van der Waals surface area contributed by atoms with Crippen molar-refractivity contribution in [3.63, 3.8) is 0 Å². The number of fused-ring (bicyclic) bond motifs is 2. The fourth-order valence-corrected chi connectivity index (χ4v) is 3.28. The van der Waals surface area contributed by atoms with Crippen LogP contribution in [0, 0.1) is 13.8 Å². The predicted octanol–water partition coefficient (Wildman–Crippen LogP) is 4.86. The van der Waals surface area contributed by atoms with Gasteiger partial charge in [0.15, 0.2) is 5.82 Å². The lowest BCUT2D eigenvalue weighted by molar-refractivity contribution is 1.12. The van der Waals surface area contributed by atoms with E-state index in [0.717, 1.165) is 44.7 Å². The standard InChI is InChI=1S/C21H18N6/c1-12-10-22-21(15-4-3-14-7-13(2)24-19(14)9-15)26-20(12)25-17-5-6-18-16(8-17)11-23-27-18/h3-11,24H,1-2H3,(H,23,27)(H,22,25,26). The van der Waals surface area contributed by atoms with Crippen LogP contribution in [0.15, 0.2) is 54.9 Å². The van der Waals surface area contributed by atoms with Gasteiger partial charge in [0.25, 0.3) is 0 Å². The number of nitrogens with one attached hydrogen (secondary N) is 3. The van der Waals surface area contributed by atoms with E-state index in [1.165, 1.54) is 5.39 Å². The van der Waals surface area contributed by atoms with Crippen molar-refractivity contribution in [3.8, 4) is 11.4 Å². The van der Waals surface area contributed by atoms with Gasteiger partial charge in [-0.2, -0.15) is 5.10 Å². The Hall–Kier alpha value is -3.67. The quantitative estimate of drug-likeness (QED) is 0.432. The average molecular weight is 354 g/mol. The fraction of sp³-hybridized carbons (Fsp3) is 0.0952. The largest absolute Gasteiger partial charge is 0.359 e. The average Bonchev–Trinajstić information content (AvgIpc) is 3.27. The molecule has 2 aromatic carbocycles. The topological polar surface area (TPSA) is 82.3 Å². The van der Waals surface area contributed by atoms with Crippen molar-refractivity contribution < 1.29 is 0 Å². The van der Waals surface area contributed by atoms with E-state index in [2.05, 4.69) is 56.7 Å². The molecule has 6 heteroatoms. The number of benzene rings is 2. The van der Waals surface area contributed by atoms with Gasteiger partial charge in [0.05, 0.1) is 11.7 Å². The summed E-state index contributed by atoms with van der Waals surface area (Å²) in [5, 5.41) is 12.7. The predicted molar refractivity (Wildman–Crippen MR) is 108 cm³/mol. The van der Waals surface area contributed by atoms with Crippen molar-refractivity contribution in [1.82, 2.24) is 25.1 Å². The highest BCUT2D eigenvalue weighted by Crippen LogP contribution is 2.26. The van der Waals surface area contributed by atoms with Crippen LogP contribution in [0.25, 0.3) is 33.2 Å². The van der Waals surface area contributed by atoms with E-state index in [4.69, 9.17) is 4.98 Å². The van der Waals surface area contributed by atoms with Crippen LogP contribution in [0.4, 0.5) is 11.5 Å². The van der Waals surface area contributed by atoms with E-state index in [0.29, 0.717) is 5.82 Å². The maximum atomic E-state index is 4.76. The van der Waals surface area contributed by atoms with E-state index < -0.39 is 0 Å². The van der Waals surface area contributed by atoms with Gasteiger partial charge in [-0.05, 0) is 49.6 Å². The van der Waals surface area contributed by atoms with Gasteiger partial charge in [-0.25, -0.2) is 9.97 Å². The van der Waals surface area contributed by atoms with E-state index >= 15 is 0 Å². The van der Waals surface area contributed by atoms with Gasteiger partial charge in [-0.3, -0.25) is 5.10 Å². The van der Waals surface area contributed by atoms with Crippen LogP contribution < -0.4 is 5.32 Å². The van der Waals surface area contributed by atoms with Crippen LogP contribution in [0.1, 0.15) is 11.3 Å². The molecule has 0 saturated heterocycles. The molecule has 3 N–H and O–H groups in total. The number of nitrogens with zero attached hydrogens (tertiary/aromatic N) is 3. The molecule has 0 aliphatic carbocycles. The number of rotatable bonds is 3. The first-order valence-electron chi connectivity index (χ1n) is 8.79. The first-order chi connectivity index (χ1) is 13.2. The van der Waals surface area contributed by atoms with Crippen molar-refractivity contribution in [1.29, 1.82) is 0 Å². The Morgan fingerprint density at radius 2 is 1.81 bits per heavy atom. The Balaban J connectivity index is 1.52. The Bertz CT molecular complexity index is 1280. The molecule has 132 valence electrons. The molecular formula is C21H18N6. The van der Waals surface area contributed by atoms with Crippen LogP contribution in [-0.2, 0) is 0 Å². The van der Waals surface area contributed by atoms with E-state index in [-0.39, 0.29) is 0 Å². The molecule has 0 bridgehead atoms. The van der Waals surface area contributed by atoms with Crippen molar-refractivity contribution in [2.75, 3.05) is 5.32 Å². The number of H-pyrrole nitrogens is 2. The van der Waals surface area contributed by atoms with Crippen LogP contribution in [0.5, 0.6) is 0 Å². The summed E-state index contributed by atoms with van der Waals surface area (Å²) in [6.07, 6.45) is 3.66. The molecule has 0 amide bonds. The highest BCUT2D eigenvalue weighted by atomic mass is 15.1. The maximum Gasteiger partial charge on any atom is 0.161 e. The summed E-state index contributed by atoms with van der Waals surface area (Å²) in [6.45, 7) is 4.06. The third-order valence-electron chi connectivity index (χ3n) is 4.69. The second kappa shape index (κ2) is 5.95. The number of aryl methyl sites for hydroxylation is 2. The Labute approximate surface area is 155 Å². The smallest absolute Gasteiger partial charge is 0.161 e. The third kappa shape index (κ3) is 2.81. The lowest BCUT2D eigenvalue weighted by atomic mass is 10.1. The van der Waals surface area contributed by atoms with Gasteiger partial charge in [0.2, 0.25) is 0 Å². The first-order valence-corrected chi connectivity index (χ1v) is 8.79. The summed E-state index contributed by atoms with van der Waals surface area (Å²) >= 11 is 0. The highest BCUT2D eigenvalue weighted by molar-refractivity contribution is 5.85.